The van der Waals surface area contributed by atoms with E-state index in [9.17, 15) is 0 Å². The summed E-state index contributed by atoms with van der Waals surface area (Å²) in [5.41, 5.74) is 3.08. The van der Waals surface area contributed by atoms with E-state index in [1.54, 1.807) is 0 Å². The number of rotatable bonds is 3. The van der Waals surface area contributed by atoms with Crippen molar-refractivity contribution in [2.75, 3.05) is 13.1 Å². The molecule has 0 amide bonds. The summed E-state index contributed by atoms with van der Waals surface area (Å²) in [7, 11) is 0. The minimum Gasteiger partial charge on any atom is -0.439 e. The van der Waals surface area contributed by atoms with E-state index < -0.39 is 0 Å². The van der Waals surface area contributed by atoms with Gasteiger partial charge in [0.25, 0.3) is 0 Å². The van der Waals surface area contributed by atoms with Crippen molar-refractivity contribution in [3.8, 4) is 0 Å². The number of likely N-dealkylation sites (tertiary alicyclic amines) is 1. The zero-order valence-electron chi connectivity index (χ0n) is 11.8. The predicted molar refractivity (Wildman–Crippen MR) is 79.8 cm³/mol. The number of nitrogens with one attached hydrogen (secondary N) is 1. The van der Waals surface area contributed by atoms with Crippen LogP contribution < -0.4 is 0 Å². The highest BCUT2D eigenvalue weighted by atomic mass is 16.3. The number of piperidine rings is 1. The van der Waals surface area contributed by atoms with Gasteiger partial charge in [-0.3, -0.25) is 10.00 Å². The molecular formula is C16H18N4O. The summed E-state index contributed by atoms with van der Waals surface area (Å²) in [5.74, 6) is 1.42. The van der Waals surface area contributed by atoms with E-state index >= 15 is 0 Å². The van der Waals surface area contributed by atoms with Crippen LogP contribution in [0.2, 0.25) is 0 Å². The van der Waals surface area contributed by atoms with Crippen LogP contribution in [0.15, 0.2) is 40.9 Å². The van der Waals surface area contributed by atoms with Crippen LogP contribution in [0.1, 0.15) is 30.3 Å². The zero-order chi connectivity index (χ0) is 14.1. The lowest BCUT2D eigenvalue weighted by Crippen LogP contribution is -2.32. The molecule has 0 atom stereocenters. The number of nitrogens with zero attached hydrogens (tertiary/aromatic N) is 3. The van der Waals surface area contributed by atoms with E-state index in [4.69, 9.17) is 4.42 Å². The van der Waals surface area contributed by atoms with Gasteiger partial charge in [0.2, 0.25) is 5.89 Å². The topological polar surface area (TPSA) is 58.0 Å². The van der Waals surface area contributed by atoms with Crippen LogP contribution in [-0.4, -0.2) is 33.2 Å². The van der Waals surface area contributed by atoms with E-state index in [0.29, 0.717) is 5.92 Å². The van der Waals surface area contributed by atoms with Gasteiger partial charge in [-0.15, -0.1) is 0 Å². The number of fused-ring (bicyclic) bond motifs is 1. The van der Waals surface area contributed by atoms with Gasteiger partial charge in [-0.25, -0.2) is 4.98 Å². The average molecular weight is 282 g/mol. The number of H-pyrrole nitrogens is 1. The van der Waals surface area contributed by atoms with Crippen molar-refractivity contribution in [1.82, 2.24) is 20.1 Å². The second kappa shape index (κ2) is 5.33. The molecule has 3 aromatic rings. The number of benzene rings is 1. The molecule has 0 bridgehead atoms. The predicted octanol–water partition coefficient (Wildman–Crippen LogP) is 2.93. The monoisotopic (exact) mass is 282 g/mol. The number of aromatic amines is 1. The summed E-state index contributed by atoms with van der Waals surface area (Å²) in [6.07, 6.45) is 4.14. The SMILES string of the molecule is c1ccc2oc(CN3CCC(c4ccn[nH]4)CC3)nc2c1. The molecule has 0 unspecified atom stereocenters. The smallest absolute Gasteiger partial charge is 0.209 e. The second-order valence-corrected chi connectivity index (χ2v) is 5.64. The molecule has 1 aliphatic rings. The van der Waals surface area contributed by atoms with E-state index in [1.807, 2.05) is 30.5 Å². The molecule has 0 spiro atoms. The lowest BCUT2D eigenvalue weighted by atomic mass is 9.94. The highest BCUT2D eigenvalue weighted by Crippen LogP contribution is 2.27. The Morgan fingerprint density at radius 3 is 2.81 bits per heavy atom. The van der Waals surface area contributed by atoms with Gasteiger partial charge in [0, 0.05) is 17.8 Å². The molecule has 1 N–H and O–H groups in total. The van der Waals surface area contributed by atoms with Gasteiger partial charge >= 0.3 is 0 Å². The summed E-state index contributed by atoms with van der Waals surface area (Å²) < 4.78 is 5.80. The number of hydrogen-bond acceptors (Lipinski definition) is 4. The van der Waals surface area contributed by atoms with Crippen LogP contribution in [-0.2, 0) is 6.54 Å². The zero-order valence-corrected chi connectivity index (χ0v) is 11.8. The fourth-order valence-corrected chi connectivity index (χ4v) is 3.07. The van der Waals surface area contributed by atoms with Gasteiger partial charge in [-0.05, 0) is 44.1 Å². The Labute approximate surface area is 123 Å². The lowest BCUT2D eigenvalue weighted by Gasteiger charge is -2.30. The maximum absolute atomic E-state index is 5.80. The first-order chi connectivity index (χ1) is 10.4. The van der Waals surface area contributed by atoms with Crippen molar-refractivity contribution in [2.24, 2.45) is 0 Å². The van der Waals surface area contributed by atoms with Crippen LogP contribution in [0.5, 0.6) is 0 Å². The van der Waals surface area contributed by atoms with Crippen molar-refractivity contribution in [3.63, 3.8) is 0 Å². The summed E-state index contributed by atoms with van der Waals surface area (Å²) in [6, 6.07) is 10.0. The van der Waals surface area contributed by atoms with Crippen molar-refractivity contribution in [2.45, 2.75) is 25.3 Å². The highest BCUT2D eigenvalue weighted by Gasteiger charge is 2.22. The minimum atomic E-state index is 0.604. The third-order valence-electron chi connectivity index (χ3n) is 4.25. The van der Waals surface area contributed by atoms with Crippen molar-refractivity contribution in [3.05, 3.63) is 48.1 Å². The summed E-state index contributed by atoms with van der Waals surface area (Å²) in [4.78, 5) is 6.97. The Balaban J connectivity index is 1.40. The maximum Gasteiger partial charge on any atom is 0.209 e. The third-order valence-corrected chi connectivity index (χ3v) is 4.25. The van der Waals surface area contributed by atoms with Gasteiger partial charge in [0.1, 0.15) is 5.52 Å². The second-order valence-electron chi connectivity index (χ2n) is 5.64. The van der Waals surface area contributed by atoms with E-state index in [1.165, 1.54) is 5.69 Å². The molecule has 1 aliphatic heterocycles. The number of oxazole rings is 1. The highest BCUT2D eigenvalue weighted by molar-refractivity contribution is 5.72. The number of hydrogen-bond donors (Lipinski definition) is 1. The molecule has 0 radical (unpaired) electrons. The standard InChI is InChI=1S/C16H18N4O/c1-2-4-15-14(3-1)18-16(21-15)11-20-9-6-12(7-10-20)13-5-8-17-19-13/h1-5,8,12H,6-7,9-11H2,(H,17,19). The van der Waals surface area contributed by atoms with Gasteiger partial charge < -0.3 is 4.42 Å². The quantitative estimate of drug-likeness (QED) is 0.802. The van der Waals surface area contributed by atoms with E-state index in [-0.39, 0.29) is 0 Å². The molecule has 2 aromatic heterocycles. The van der Waals surface area contributed by atoms with Crippen LogP contribution in [0.25, 0.3) is 11.1 Å². The van der Waals surface area contributed by atoms with Gasteiger partial charge in [0.05, 0.1) is 6.54 Å². The Morgan fingerprint density at radius 2 is 2.05 bits per heavy atom. The molecule has 5 nitrogen and oxygen atoms in total. The third kappa shape index (κ3) is 2.56. The number of aromatic nitrogens is 3. The Hall–Kier alpha value is -2.14. The van der Waals surface area contributed by atoms with Crippen molar-refractivity contribution < 1.29 is 4.42 Å². The molecule has 5 heteroatoms. The van der Waals surface area contributed by atoms with Crippen LogP contribution in [0.4, 0.5) is 0 Å². The molecule has 1 fully saturated rings. The molecule has 108 valence electrons. The Kier molecular flexibility index (Phi) is 3.20. The van der Waals surface area contributed by atoms with Crippen molar-refractivity contribution in [1.29, 1.82) is 0 Å². The molecule has 21 heavy (non-hydrogen) atoms. The molecule has 3 heterocycles. The van der Waals surface area contributed by atoms with Crippen LogP contribution in [0, 0.1) is 0 Å². The average Bonchev–Trinajstić information content (AvgIpc) is 3.17. The fraction of sp³-hybridized carbons (Fsp3) is 0.375. The Bertz CT molecular complexity index is 678. The van der Waals surface area contributed by atoms with E-state index in [2.05, 4.69) is 26.1 Å². The lowest BCUT2D eigenvalue weighted by molar-refractivity contribution is 0.188. The van der Waals surface area contributed by atoms with Gasteiger partial charge in [-0.2, -0.15) is 5.10 Å². The Morgan fingerprint density at radius 1 is 1.19 bits per heavy atom. The first-order valence-corrected chi connectivity index (χ1v) is 7.44. The summed E-state index contributed by atoms with van der Waals surface area (Å²) in [6.45, 7) is 2.94. The van der Waals surface area contributed by atoms with Crippen LogP contribution in [0.3, 0.4) is 0 Å². The van der Waals surface area contributed by atoms with Crippen LogP contribution >= 0.6 is 0 Å². The minimum absolute atomic E-state index is 0.604. The summed E-state index contributed by atoms with van der Waals surface area (Å²) >= 11 is 0. The molecule has 1 saturated heterocycles. The summed E-state index contributed by atoms with van der Waals surface area (Å²) in [5, 5.41) is 7.13. The number of para-hydroxylation sites is 2. The molecule has 0 saturated carbocycles. The van der Waals surface area contributed by atoms with Gasteiger partial charge in [-0.1, -0.05) is 12.1 Å². The van der Waals surface area contributed by atoms with Crippen molar-refractivity contribution >= 4 is 11.1 Å². The maximum atomic E-state index is 5.80. The van der Waals surface area contributed by atoms with E-state index in [0.717, 1.165) is 49.5 Å². The normalized spacial score (nSPS) is 17.5. The van der Waals surface area contributed by atoms with Gasteiger partial charge in [0.15, 0.2) is 5.58 Å². The molecule has 4 rings (SSSR count). The first-order valence-electron chi connectivity index (χ1n) is 7.44. The first kappa shape index (κ1) is 12.6. The molecular weight excluding hydrogens is 264 g/mol. The molecule has 1 aromatic carbocycles. The fourth-order valence-electron chi connectivity index (χ4n) is 3.07. The largest absolute Gasteiger partial charge is 0.439 e. The molecule has 0 aliphatic carbocycles.